The fourth-order valence-electron chi connectivity index (χ4n) is 2.87. The van der Waals surface area contributed by atoms with Gasteiger partial charge >= 0.3 is 0 Å². The van der Waals surface area contributed by atoms with Gasteiger partial charge in [0.2, 0.25) is 0 Å². The predicted molar refractivity (Wildman–Crippen MR) is 65.7 cm³/mol. The van der Waals surface area contributed by atoms with Gasteiger partial charge in [0.15, 0.2) is 0 Å². The number of hydrogen-bond donors (Lipinski definition) is 1. The van der Waals surface area contributed by atoms with Crippen LogP contribution in [0.1, 0.15) is 24.8 Å². The summed E-state index contributed by atoms with van der Waals surface area (Å²) < 4.78 is 0. The second kappa shape index (κ2) is 4.34. The number of hydrogen-bond acceptors (Lipinski definition) is 4. The number of fused-ring (bicyclic) bond motifs is 2. The average Bonchev–Trinajstić information content (AvgIpc) is 2.69. The zero-order valence-corrected chi connectivity index (χ0v) is 9.76. The van der Waals surface area contributed by atoms with Crippen LogP contribution in [0.2, 0.25) is 0 Å². The van der Waals surface area contributed by atoms with Crippen LogP contribution in [0.3, 0.4) is 0 Å². The molecule has 2 fully saturated rings. The fraction of sp³-hybridized carbons (Fsp3) is 0.538. The number of nitrogens with one attached hydrogen (secondary N) is 1. The second-order valence-electron chi connectivity index (χ2n) is 4.86. The maximum atomic E-state index is 9.12. The van der Waals surface area contributed by atoms with Gasteiger partial charge in [-0.15, -0.1) is 0 Å². The first-order valence-corrected chi connectivity index (χ1v) is 6.23. The van der Waals surface area contributed by atoms with Gasteiger partial charge in [-0.05, 0) is 31.4 Å². The van der Waals surface area contributed by atoms with E-state index in [-0.39, 0.29) is 0 Å². The van der Waals surface area contributed by atoms with Gasteiger partial charge in [0.05, 0.1) is 5.56 Å². The Kier molecular flexibility index (Phi) is 2.69. The normalized spacial score (nSPS) is 27.6. The summed E-state index contributed by atoms with van der Waals surface area (Å²) in [5, 5.41) is 12.8. The Balaban J connectivity index is 1.86. The van der Waals surface area contributed by atoms with Crippen LogP contribution >= 0.6 is 0 Å². The van der Waals surface area contributed by atoms with Gasteiger partial charge < -0.3 is 10.2 Å². The van der Waals surface area contributed by atoms with Crippen LogP contribution < -0.4 is 10.2 Å². The van der Waals surface area contributed by atoms with Crippen LogP contribution in [0, 0.1) is 11.3 Å². The molecule has 2 aliphatic heterocycles. The Hall–Kier alpha value is -1.60. The molecule has 4 heteroatoms. The molecule has 0 aromatic carbocycles. The molecule has 0 amide bonds. The van der Waals surface area contributed by atoms with Crippen molar-refractivity contribution in [3.8, 4) is 6.07 Å². The minimum absolute atomic E-state index is 0.566. The van der Waals surface area contributed by atoms with Gasteiger partial charge in [0, 0.05) is 31.4 Å². The van der Waals surface area contributed by atoms with Crippen molar-refractivity contribution in [2.24, 2.45) is 0 Å². The summed E-state index contributed by atoms with van der Waals surface area (Å²) in [7, 11) is 0. The third-order valence-electron chi connectivity index (χ3n) is 3.73. The van der Waals surface area contributed by atoms with Crippen molar-refractivity contribution >= 4 is 5.82 Å². The minimum atomic E-state index is 0.566. The highest BCUT2D eigenvalue weighted by Gasteiger charge is 2.30. The third kappa shape index (κ3) is 1.98. The molecule has 0 aliphatic carbocycles. The lowest BCUT2D eigenvalue weighted by Gasteiger charge is -2.25. The number of rotatable bonds is 1. The van der Waals surface area contributed by atoms with E-state index in [4.69, 9.17) is 5.26 Å². The molecule has 1 N–H and O–H groups in total. The summed E-state index contributed by atoms with van der Waals surface area (Å²) >= 11 is 0. The molecule has 88 valence electrons. The Labute approximate surface area is 101 Å². The molecule has 1 aromatic heterocycles. The van der Waals surface area contributed by atoms with E-state index in [0.717, 1.165) is 25.3 Å². The van der Waals surface area contributed by atoms with E-state index >= 15 is 0 Å². The Morgan fingerprint density at radius 3 is 3.12 bits per heavy atom. The van der Waals surface area contributed by atoms with E-state index in [2.05, 4.69) is 21.3 Å². The first-order chi connectivity index (χ1) is 8.36. The first-order valence-electron chi connectivity index (χ1n) is 6.23. The quantitative estimate of drug-likeness (QED) is 0.786. The lowest BCUT2D eigenvalue weighted by atomic mass is 10.1. The van der Waals surface area contributed by atoms with Crippen LogP contribution in [0.15, 0.2) is 18.3 Å². The van der Waals surface area contributed by atoms with Crippen LogP contribution in [-0.2, 0) is 0 Å². The fourth-order valence-corrected chi connectivity index (χ4v) is 2.87. The van der Waals surface area contributed by atoms with Crippen molar-refractivity contribution in [2.75, 3.05) is 18.0 Å². The summed E-state index contributed by atoms with van der Waals surface area (Å²) in [6.07, 6.45) is 5.46. The van der Waals surface area contributed by atoms with Gasteiger partial charge in [-0.25, -0.2) is 4.98 Å². The van der Waals surface area contributed by atoms with E-state index in [1.807, 2.05) is 12.1 Å². The van der Waals surface area contributed by atoms with Crippen molar-refractivity contribution in [3.05, 3.63) is 23.9 Å². The van der Waals surface area contributed by atoms with Crippen molar-refractivity contribution < 1.29 is 0 Å². The van der Waals surface area contributed by atoms with E-state index in [0.29, 0.717) is 17.6 Å². The first kappa shape index (κ1) is 10.5. The SMILES string of the molecule is N#Cc1cccnc1N1CC[C@H]2CC[C@@H](C1)N2. The molecular formula is C13H16N4. The van der Waals surface area contributed by atoms with Gasteiger partial charge in [-0.1, -0.05) is 0 Å². The van der Waals surface area contributed by atoms with Crippen LogP contribution in [0.4, 0.5) is 5.82 Å². The van der Waals surface area contributed by atoms with Crippen molar-refractivity contribution in [1.29, 1.82) is 5.26 Å². The monoisotopic (exact) mass is 228 g/mol. The highest BCUT2D eigenvalue weighted by atomic mass is 15.2. The second-order valence-corrected chi connectivity index (χ2v) is 4.86. The molecule has 0 saturated carbocycles. The zero-order valence-electron chi connectivity index (χ0n) is 9.76. The predicted octanol–water partition coefficient (Wildman–Crippen LogP) is 1.28. The molecule has 2 atom stereocenters. The number of anilines is 1. The largest absolute Gasteiger partial charge is 0.354 e. The topological polar surface area (TPSA) is 52.0 Å². The summed E-state index contributed by atoms with van der Waals surface area (Å²) in [5.41, 5.74) is 0.685. The Morgan fingerprint density at radius 1 is 1.35 bits per heavy atom. The molecular weight excluding hydrogens is 212 g/mol. The molecule has 17 heavy (non-hydrogen) atoms. The summed E-state index contributed by atoms with van der Waals surface area (Å²) in [4.78, 5) is 6.63. The van der Waals surface area contributed by atoms with E-state index in [1.165, 1.54) is 12.8 Å². The van der Waals surface area contributed by atoms with Crippen LogP contribution in [0.25, 0.3) is 0 Å². The molecule has 0 unspecified atom stereocenters. The summed E-state index contributed by atoms with van der Waals surface area (Å²) in [6, 6.07) is 7.13. The summed E-state index contributed by atoms with van der Waals surface area (Å²) in [5.74, 6) is 0.851. The Bertz CT molecular complexity index is 451. The average molecular weight is 228 g/mol. The van der Waals surface area contributed by atoms with Crippen LogP contribution in [-0.4, -0.2) is 30.2 Å². The zero-order chi connectivity index (χ0) is 11.7. The molecule has 2 aliphatic rings. The van der Waals surface area contributed by atoms with Crippen molar-refractivity contribution in [2.45, 2.75) is 31.3 Å². The highest BCUT2D eigenvalue weighted by molar-refractivity contribution is 5.53. The number of nitrogens with zero attached hydrogens (tertiary/aromatic N) is 3. The Morgan fingerprint density at radius 2 is 2.24 bits per heavy atom. The number of nitriles is 1. The van der Waals surface area contributed by atoms with Gasteiger partial charge in [-0.3, -0.25) is 0 Å². The lowest BCUT2D eigenvalue weighted by Crippen LogP contribution is -2.36. The third-order valence-corrected chi connectivity index (χ3v) is 3.73. The van der Waals surface area contributed by atoms with E-state index in [1.54, 1.807) is 6.20 Å². The van der Waals surface area contributed by atoms with Gasteiger partial charge in [0.25, 0.3) is 0 Å². The molecule has 0 radical (unpaired) electrons. The number of pyridine rings is 1. The smallest absolute Gasteiger partial charge is 0.146 e. The van der Waals surface area contributed by atoms with Gasteiger partial charge in [0.1, 0.15) is 11.9 Å². The maximum absolute atomic E-state index is 9.12. The molecule has 3 heterocycles. The van der Waals surface area contributed by atoms with E-state index < -0.39 is 0 Å². The number of aromatic nitrogens is 1. The van der Waals surface area contributed by atoms with Crippen LogP contribution in [0.5, 0.6) is 0 Å². The van der Waals surface area contributed by atoms with Gasteiger partial charge in [-0.2, -0.15) is 5.26 Å². The molecule has 0 spiro atoms. The summed E-state index contributed by atoms with van der Waals surface area (Å²) in [6.45, 7) is 1.97. The van der Waals surface area contributed by atoms with E-state index in [9.17, 15) is 0 Å². The maximum Gasteiger partial charge on any atom is 0.146 e. The molecule has 1 aromatic rings. The molecule has 2 saturated heterocycles. The lowest BCUT2D eigenvalue weighted by molar-refractivity contribution is 0.563. The van der Waals surface area contributed by atoms with Crippen molar-refractivity contribution in [1.82, 2.24) is 10.3 Å². The molecule has 3 rings (SSSR count). The van der Waals surface area contributed by atoms with Crippen molar-refractivity contribution in [3.63, 3.8) is 0 Å². The molecule has 2 bridgehead atoms. The minimum Gasteiger partial charge on any atom is -0.354 e. The molecule has 4 nitrogen and oxygen atoms in total. The standard InChI is InChI=1S/C13H16N4/c14-8-10-2-1-6-15-13(10)17-7-5-11-3-4-12(9-17)16-11/h1-2,6,11-12,16H,3-5,7,9H2/t11-,12+/m1/s1. The highest BCUT2D eigenvalue weighted by Crippen LogP contribution is 2.25.